The molecule has 0 amide bonds. The second kappa shape index (κ2) is 15.7. The molecular formula is C46H46O8. The van der Waals surface area contributed by atoms with Crippen molar-refractivity contribution >= 4 is 0 Å². The van der Waals surface area contributed by atoms with Gasteiger partial charge in [-0.05, 0) is 44.5 Å². The van der Waals surface area contributed by atoms with Crippen LogP contribution in [0.1, 0.15) is 90.4 Å². The Morgan fingerprint density at radius 3 is 0.870 bits per heavy atom. The van der Waals surface area contributed by atoms with Crippen molar-refractivity contribution in [3.63, 3.8) is 0 Å². The van der Waals surface area contributed by atoms with Gasteiger partial charge in [0.05, 0.1) is 66.1 Å². The number of rotatable bonds is 18. The third-order valence-corrected chi connectivity index (χ3v) is 11.3. The van der Waals surface area contributed by atoms with Crippen LogP contribution < -0.4 is 9.47 Å². The summed E-state index contributed by atoms with van der Waals surface area (Å²) in [6.45, 7) is 3.83. The van der Waals surface area contributed by atoms with Crippen LogP contribution in [-0.4, -0.2) is 89.5 Å². The highest BCUT2D eigenvalue weighted by atomic mass is 16.6. The van der Waals surface area contributed by atoms with Gasteiger partial charge < -0.3 is 38.6 Å². The van der Waals surface area contributed by atoms with Gasteiger partial charge in [0.2, 0.25) is 0 Å². The maximum absolute atomic E-state index is 9.08. The van der Waals surface area contributed by atoms with E-state index in [2.05, 4.69) is 97.1 Å². The molecule has 10 aliphatic rings. The van der Waals surface area contributed by atoms with Crippen molar-refractivity contribution in [2.24, 2.45) is 0 Å². The summed E-state index contributed by atoms with van der Waals surface area (Å²) in [7, 11) is 0. The highest BCUT2D eigenvalue weighted by molar-refractivity contribution is 5.79. The summed E-state index contributed by atoms with van der Waals surface area (Å²) in [6.07, 6.45) is 0. The van der Waals surface area contributed by atoms with Crippen LogP contribution in [-0.2, 0) is 18.9 Å². The molecule has 54 heavy (non-hydrogen) atoms. The summed E-state index contributed by atoms with van der Waals surface area (Å²) in [5, 5.41) is 18.2. The lowest BCUT2D eigenvalue weighted by atomic mass is 9.60. The molecular weight excluding hydrogens is 680 g/mol. The molecule has 0 spiro atoms. The Kier molecular flexibility index (Phi) is 10.2. The van der Waals surface area contributed by atoms with Gasteiger partial charge in [-0.25, -0.2) is 0 Å². The van der Waals surface area contributed by atoms with Crippen molar-refractivity contribution in [3.8, 4) is 11.5 Å². The fourth-order valence-electron chi connectivity index (χ4n) is 9.26. The lowest BCUT2D eigenvalue weighted by molar-refractivity contribution is 0.0241. The maximum atomic E-state index is 9.08. The van der Waals surface area contributed by atoms with Gasteiger partial charge in [-0.3, -0.25) is 0 Å². The molecule has 0 saturated heterocycles. The molecule has 4 unspecified atom stereocenters. The molecule has 10 aliphatic carbocycles. The van der Waals surface area contributed by atoms with E-state index in [0.29, 0.717) is 66.1 Å². The monoisotopic (exact) mass is 726 g/mol. The third-order valence-electron chi connectivity index (χ3n) is 11.3. The van der Waals surface area contributed by atoms with E-state index in [-0.39, 0.29) is 36.9 Å². The van der Waals surface area contributed by atoms with Crippen molar-refractivity contribution in [1.29, 1.82) is 0 Å². The Bertz CT molecular complexity index is 1820. The van der Waals surface area contributed by atoms with Crippen molar-refractivity contribution in [1.82, 2.24) is 0 Å². The molecule has 8 heteroatoms. The smallest absolute Gasteiger partial charge is 0.128 e. The van der Waals surface area contributed by atoms with Gasteiger partial charge in [0, 0.05) is 45.9 Å². The molecule has 0 saturated carbocycles. The Morgan fingerprint density at radius 1 is 0.333 bits per heavy atom. The molecule has 0 aliphatic heterocycles. The average molecular weight is 727 g/mol. The minimum Gasteiger partial charge on any atom is -0.491 e. The lowest BCUT2D eigenvalue weighted by Crippen LogP contribution is -2.30. The first kappa shape index (κ1) is 35.2. The van der Waals surface area contributed by atoms with Crippen LogP contribution in [0.2, 0.25) is 0 Å². The summed E-state index contributed by atoms with van der Waals surface area (Å²) < 4.78 is 37.2. The molecule has 0 radical (unpaired) electrons. The highest BCUT2D eigenvalue weighted by Crippen LogP contribution is 2.64. The zero-order valence-electron chi connectivity index (χ0n) is 30.4. The Labute approximate surface area is 316 Å². The molecule has 0 heterocycles. The Morgan fingerprint density at radius 2 is 0.593 bits per heavy atom. The first-order chi connectivity index (χ1) is 26.8. The molecule has 5 aromatic carbocycles. The van der Waals surface area contributed by atoms with Gasteiger partial charge in [-0.1, -0.05) is 97.1 Å². The molecule has 2 N–H and O–H groups in total. The third kappa shape index (κ3) is 6.11. The van der Waals surface area contributed by atoms with Gasteiger partial charge in [0.1, 0.15) is 24.7 Å². The van der Waals surface area contributed by atoms with E-state index >= 15 is 0 Å². The second-order valence-electron chi connectivity index (χ2n) is 14.2. The number of hydrogen-bond acceptors (Lipinski definition) is 8. The van der Waals surface area contributed by atoms with Crippen LogP contribution in [0, 0.1) is 0 Å². The van der Waals surface area contributed by atoms with Gasteiger partial charge >= 0.3 is 0 Å². The van der Waals surface area contributed by atoms with Crippen molar-refractivity contribution < 1.29 is 38.6 Å². The summed E-state index contributed by atoms with van der Waals surface area (Å²) in [4.78, 5) is 0. The fraction of sp³-hybridized carbons (Fsp3) is 0.348. The van der Waals surface area contributed by atoms with E-state index in [9.17, 15) is 0 Å². The van der Waals surface area contributed by atoms with Gasteiger partial charge in [-0.15, -0.1) is 0 Å². The lowest BCUT2D eigenvalue weighted by Gasteiger charge is -2.45. The van der Waals surface area contributed by atoms with E-state index in [0.717, 1.165) is 11.5 Å². The molecule has 4 atom stereocenters. The second-order valence-corrected chi connectivity index (χ2v) is 14.2. The zero-order valence-corrected chi connectivity index (χ0v) is 30.4. The quantitative estimate of drug-likeness (QED) is 0.0973. The molecule has 15 rings (SSSR count). The largest absolute Gasteiger partial charge is 0.491 e. The molecule has 0 aromatic heterocycles. The van der Waals surface area contributed by atoms with Crippen LogP contribution in [0.4, 0.5) is 0 Å². The van der Waals surface area contributed by atoms with Gasteiger partial charge in [0.25, 0.3) is 0 Å². The van der Waals surface area contributed by atoms with Gasteiger partial charge in [0.15, 0.2) is 0 Å². The fourth-order valence-corrected chi connectivity index (χ4v) is 9.26. The van der Waals surface area contributed by atoms with Crippen LogP contribution >= 0.6 is 0 Å². The topological polar surface area (TPSA) is 95.8 Å². The standard InChI is InChI=1S/C46H46O8/c47-17-19-49-21-23-51-25-27-53-45-41-37-29-9-11-30(12-10-29)38(34-6-2-1-5-33(34)37)42(41)46(54-28-26-52-24-22-50-20-18-48)44-40-32-15-13-31(14-16-32)39(43(44)45)35-7-3-4-8-36(35)40/h1-16,37-40,47-48H,17-28H2. The zero-order chi connectivity index (χ0) is 36.4. The summed E-state index contributed by atoms with van der Waals surface area (Å²) in [5.41, 5.74) is 14.8. The van der Waals surface area contributed by atoms with Crippen LogP contribution in [0.3, 0.4) is 0 Å². The van der Waals surface area contributed by atoms with Crippen LogP contribution in [0.25, 0.3) is 0 Å². The van der Waals surface area contributed by atoms with Crippen LogP contribution in [0.15, 0.2) is 97.1 Å². The van der Waals surface area contributed by atoms with Crippen molar-refractivity contribution in [3.05, 3.63) is 164 Å². The van der Waals surface area contributed by atoms with E-state index in [4.69, 9.17) is 38.6 Å². The number of aliphatic hydroxyl groups is 2. The minimum absolute atomic E-state index is 0.00587. The SMILES string of the molecule is OCCOCCOCCOc1c2c(c(OCCOCCOCCO)c3c1C1c4ccc(cc4)C3c3ccccc31)C1c3ccc(cc3)C2c2ccccc21. The predicted octanol–water partition coefficient (Wildman–Crippen LogP) is 6.47. The first-order valence-electron chi connectivity index (χ1n) is 19.2. The number of hydrogen-bond donors (Lipinski definition) is 2. The normalized spacial score (nSPS) is 19.0. The van der Waals surface area contributed by atoms with Crippen molar-refractivity contribution in [2.45, 2.75) is 23.7 Å². The number of ether oxygens (including phenoxy) is 6. The van der Waals surface area contributed by atoms with E-state index < -0.39 is 0 Å². The first-order valence-corrected chi connectivity index (χ1v) is 19.2. The predicted molar refractivity (Wildman–Crippen MR) is 204 cm³/mol. The Hall–Kier alpha value is -4.54. The van der Waals surface area contributed by atoms with Gasteiger partial charge in [-0.2, -0.15) is 0 Å². The highest BCUT2D eigenvalue weighted by Gasteiger charge is 2.48. The minimum atomic E-state index is -0.0580. The summed E-state index contributed by atoms with van der Waals surface area (Å²) in [5.74, 6) is 1.64. The van der Waals surface area contributed by atoms with Crippen molar-refractivity contribution in [2.75, 3.05) is 79.3 Å². The Balaban J connectivity index is 1.22. The van der Waals surface area contributed by atoms with E-state index in [1.165, 1.54) is 66.8 Å². The molecule has 8 bridgehead atoms. The average Bonchev–Trinajstić information content (AvgIpc) is 3.19. The molecule has 278 valence electrons. The number of benzene rings is 5. The molecule has 5 aromatic rings. The van der Waals surface area contributed by atoms with E-state index in [1.807, 2.05) is 0 Å². The summed E-state index contributed by atoms with van der Waals surface area (Å²) >= 11 is 0. The summed E-state index contributed by atoms with van der Waals surface area (Å²) in [6, 6.07) is 36.1. The van der Waals surface area contributed by atoms with E-state index in [1.54, 1.807) is 0 Å². The number of aliphatic hydroxyl groups excluding tert-OH is 2. The molecule has 8 nitrogen and oxygen atoms in total. The van der Waals surface area contributed by atoms with Crippen LogP contribution in [0.5, 0.6) is 11.5 Å². The molecule has 0 fully saturated rings. The maximum Gasteiger partial charge on any atom is 0.128 e.